The number of nitrogens with one attached hydrogen (secondary N) is 1. The van der Waals surface area contributed by atoms with Gasteiger partial charge < -0.3 is 5.32 Å². The molecule has 1 heteroatoms. The van der Waals surface area contributed by atoms with Crippen molar-refractivity contribution in [2.75, 3.05) is 13.6 Å². The molecule has 0 spiro atoms. The standard InChI is InChI=1S/C10H21N/c1-5-6-9(2)7-10(3)8-11-4/h9,11H,3,5-8H2,1-2,4H3. The van der Waals surface area contributed by atoms with Gasteiger partial charge in [-0.25, -0.2) is 0 Å². The molecule has 0 bridgehead atoms. The molecule has 1 unspecified atom stereocenters. The summed E-state index contributed by atoms with van der Waals surface area (Å²) in [5.74, 6) is 0.806. The molecule has 1 atom stereocenters. The highest BCUT2D eigenvalue weighted by Gasteiger charge is 2.01. The molecule has 0 rings (SSSR count). The second kappa shape index (κ2) is 6.41. The van der Waals surface area contributed by atoms with Crippen molar-refractivity contribution in [1.29, 1.82) is 0 Å². The molecule has 0 aromatic carbocycles. The first-order valence-corrected chi connectivity index (χ1v) is 4.52. The van der Waals surface area contributed by atoms with Crippen LogP contribution in [0.15, 0.2) is 12.2 Å². The minimum Gasteiger partial charge on any atom is -0.316 e. The highest BCUT2D eigenvalue weighted by atomic mass is 14.8. The molecule has 0 aliphatic carbocycles. The van der Waals surface area contributed by atoms with Gasteiger partial charge in [0.25, 0.3) is 0 Å². The second-order valence-corrected chi connectivity index (χ2v) is 3.38. The summed E-state index contributed by atoms with van der Waals surface area (Å²) in [6.07, 6.45) is 3.78. The first-order valence-electron chi connectivity index (χ1n) is 4.52. The van der Waals surface area contributed by atoms with Crippen LogP contribution in [0.3, 0.4) is 0 Å². The smallest absolute Gasteiger partial charge is 0.0159 e. The van der Waals surface area contributed by atoms with Gasteiger partial charge in [0.1, 0.15) is 0 Å². The zero-order valence-corrected chi connectivity index (χ0v) is 8.11. The molecular formula is C10H21N. The van der Waals surface area contributed by atoms with E-state index in [0.717, 1.165) is 12.5 Å². The fourth-order valence-electron chi connectivity index (χ4n) is 1.41. The molecule has 1 nitrogen and oxygen atoms in total. The predicted molar refractivity (Wildman–Crippen MR) is 51.8 cm³/mol. The zero-order chi connectivity index (χ0) is 8.69. The SMILES string of the molecule is C=C(CNC)CC(C)CCC. The third-order valence-corrected chi connectivity index (χ3v) is 1.85. The lowest BCUT2D eigenvalue weighted by molar-refractivity contribution is 0.514. The van der Waals surface area contributed by atoms with Crippen molar-refractivity contribution in [2.45, 2.75) is 33.1 Å². The van der Waals surface area contributed by atoms with Crippen LogP contribution in [0.4, 0.5) is 0 Å². The van der Waals surface area contributed by atoms with Crippen LogP contribution >= 0.6 is 0 Å². The van der Waals surface area contributed by atoms with Gasteiger partial charge in [-0.05, 0) is 19.4 Å². The van der Waals surface area contributed by atoms with Crippen LogP contribution in [0.25, 0.3) is 0 Å². The Balaban J connectivity index is 3.40. The maximum Gasteiger partial charge on any atom is 0.0159 e. The number of hydrogen-bond acceptors (Lipinski definition) is 1. The molecule has 0 aromatic rings. The molecule has 0 amide bonds. The van der Waals surface area contributed by atoms with Crippen molar-refractivity contribution < 1.29 is 0 Å². The monoisotopic (exact) mass is 155 g/mol. The molecule has 0 heterocycles. The quantitative estimate of drug-likeness (QED) is 0.581. The fraction of sp³-hybridized carbons (Fsp3) is 0.800. The number of rotatable bonds is 6. The Morgan fingerprint density at radius 2 is 2.18 bits per heavy atom. The van der Waals surface area contributed by atoms with E-state index in [1.54, 1.807) is 0 Å². The number of hydrogen-bond donors (Lipinski definition) is 1. The van der Waals surface area contributed by atoms with Gasteiger partial charge in [0.2, 0.25) is 0 Å². The number of likely N-dealkylation sites (N-methyl/N-ethyl adjacent to an activating group) is 1. The highest BCUT2D eigenvalue weighted by Crippen LogP contribution is 2.14. The fourth-order valence-corrected chi connectivity index (χ4v) is 1.41. The molecular weight excluding hydrogens is 134 g/mol. The van der Waals surface area contributed by atoms with Crippen LogP contribution in [-0.4, -0.2) is 13.6 Å². The first-order chi connectivity index (χ1) is 5.20. The normalized spacial score (nSPS) is 13.0. The van der Waals surface area contributed by atoms with Crippen molar-refractivity contribution in [3.63, 3.8) is 0 Å². The van der Waals surface area contributed by atoms with Gasteiger partial charge in [0.15, 0.2) is 0 Å². The molecule has 11 heavy (non-hydrogen) atoms. The summed E-state index contributed by atoms with van der Waals surface area (Å²) in [6, 6.07) is 0. The zero-order valence-electron chi connectivity index (χ0n) is 8.11. The lowest BCUT2D eigenvalue weighted by atomic mass is 9.98. The van der Waals surface area contributed by atoms with Crippen molar-refractivity contribution in [2.24, 2.45) is 5.92 Å². The second-order valence-electron chi connectivity index (χ2n) is 3.38. The van der Waals surface area contributed by atoms with E-state index >= 15 is 0 Å². The van der Waals surface area contributed by atoms with Crippen LogP contribution in [-0.2, 0) is 0 Å². The van der Waals surface area contributed by atoms with Crippen molar-refractivity contribution in [1.82, 2.24) is 5.32 Å². The van der Waals surface area contributed by atoms with Gasteiger partial charge in [-0.2, -0.15) is 0 Å². The van der Waals surface area contributed by atoms with Crippen molar-refractivity contribution >= 4 is 0 Å². The molecule has 0 aliphatic heterocycles. The molecule has 0 aliphatic rings. The minimum atomic E-state index is 0.806. The molecule has 0 radical (unpaired) electrons. The third-order valence-electron chi connectivity index (χ3n) is 1.85. The summed E-state index contributed by atoms with van der Waals surface area (Å²) in [5.41, 5.74) is 1.33. The van der Waals surface area contributed by atoms with E-state index in [1.807, 2.05) is 7.05 Å². The average Bonchev–Trinajstić information content (AvgIpc) is 1.87. The lowest BCUT2D eigenvalue weighted by Gasteiger charge is -2.11. The van der Waals surface area contributed by atoms with Crippen LogP contribution in [0, 0.1) is 5.92 Å². The maximum absolute atomic E-state index is 4.00. The van der Waals surface area contributed by atoms with Crippen LogP contribution in [0.1, 0.15) is 33.1 Å². The highest BCUT2D eigenvalue weighted by molar-refractivity contribution is 4.97. The Labute approximate surface area is 70.9 Å². The van der Waals surface area contributed by atoms with E-state index in [0.29, 0.717) is 0 Å². The van der Waals surface area contributed by atoms with Gasteiger partial charge in [-0.15, -0.1) is 0 Å². The molecule has 0 saturated heterocycles. The van der Waals surface area contributed by atoms with E-state index in [2.05, 4.69) is 25.7 Å². The Morgan fingerprint density at radius 3 is 2.64 bits per heavy atom. The molecule has 0 fully saturated rings. The molecule has 1 N–H and O–H groups in total. The van der Waals surface area contributed by atoms with Gasteiger partial charge in [0, 0.05) is 6.54 Å². The Kier molecular flexibility index (Phi) is 6.24. The topological polar surface area (TPSA) is 12.0 Å². The third kappa shape index (κ3) is 6.11. The molecule has 66 valence electrons. The lowest BCUT2D eigenvalue weighted by Crippen LogP contribution is -2.11. The average molecular weight is 155 g/mol. The first kappa shape index (κ1) is 10.7. The summed E-state index contributed by atoms with van der Waals surface area (Å²) in [7, 11) is 1.97. The van der Waals surface area contributed by atoms with E-state index < -0.39 is 0 Å². The van der Waals surface area contributed by atoms with Crippen molar-refractivity contribution in [3.8, 4) is 0 Å². The van der Waals surface area contributed by atoms with Crippen LogP contribution in [0.2, 0.25) is 0 Å². The maximum atomic E-state index is 4.00. The Morgan fingerprint density at radius 1 is 1.55 bits per heavy atom. The van der Waals surface area contributed by atoms with Crippen LogP contribution in [0.5, 0.6) is 0 Å². The van der Waals surface area contributed by atoms with E-state index in [-0.39, 0.29) is 0 Å². The Bertz CT molecular complexity index is 107. The predicted octanol–water partition coefficient (Wildman–Crippen LogP) is 2.59. The summed E-state index contributed by atoms with van der Waals surface area (Å²) < 4.78 is 0. The van der Waals surface area contributed by atoms with Gasteiger partial charge in [-0.1, -0.05) is 38.8 Å². The summed E-state index contributed by atoms with van der Waals surface area (Å²) in [5, 5.41) is 3.12. The minimum absolute atomic E-state index is 0.806. The largest absolute Gasteiger partial charge is 0.316 e. The Hall–Kier alpha value is -0.300. The summed E-state index contributed by atoms with van der Waals surface area (Å²) in [4.78, 5) is 0. The van der Waals surface area contributed by atoms with E-state index in [9.17, 15) is 0 Å². The van der Waals surface area contributed by atoms with Gasteiger partial charge in [0.05, 0.1) is 0 Å². The van der Waals surface area contributed by atoms with Gasteiger partial charge >= 0.3 is 0 Å². The summed E-state index contributed by atoms with van der Waals surface area (Å²) >= 11 is 0. The molecule has 0 aromatic heterocycles. The van der Waals surface area contributed by atoms with E-state index in [1.165, 1.54) is 24.8 Å². The van der Waals surface area contributed by atoms with Crippen molar-refractivity contribution in [3.05, 3.63) is 12.2 Å². The van der Waals surface area contributed by atoms with E-state index in [4.69, 9.17) is 0 Å². The molecule has 0 saturated carbocycles. The summed E-state index contributed by atoms with van der Waals surface area (Å²) in [6.45, 7) is 9.50. The van der Waals surface area contributed by atoms with Crippen LogP contribution < -0.4 is 5.32 Å². The van der Waals surface area contributed by atoms with Gasteiger partial charge in [-0.3, -0.25) is 0 Å².